The van der Waals surface area contributed by atoms with Crippen LogP contribution in [0.15, 0.2) is 18.2 Å². The zero-order chi connectivity index (χ0) is 14.8. The Bertz CT molecular complexity index is 419. The summed E-state index contributed by atoms with van der Waals surface area (Å²) in [5.74, 6) is 1.28. The highest BCUT2D eigenvalue weighted by Crippen LogP contribution is 2.37. The minimum Gasteiger partial charge on any atom is -0.496 e. The van der Waals surface area contributed by atoms with Gasteiger partial charge in [0.15, 0.2) is 0 Å². The summed E-state index contributed by atoms with van der Waals surface area (Å²) in [5, 5.41) is 10.5. The number of aliphatic hydroxyl groups is 1. The monoisotopic (exact) mass is 265 g/mol. The van der Waals surface area contributed by atoms with Crippen molar-refractivity contribution >= 4 is 0 Å². The Labute approximate surface area is 117 Å². The molecule has 0 saturated carbocycles. The van der Waals surface area contributed by atoms with Crippen LogP contribution in [0.1, 0.15) is 50.8 Å². The Hall–Kier alpha value is -1.06. The third kappa shape index (κ3) is 3.71. The molecule has 0 aliphatic carbocycles. The first-order valence-electron chi connectivity index (χ1n) is 6.75. The van der Waals surface area contributed by atoms with Crippen molar-refractivity contribution in [3.63, 3.8) is 0 Å². The van der Waals surface area contributed by atoms with Gasteiger partial charge < -0.3 is 9.84 Å². The lowest BCUT2D eigenvalue weighted by Crippen LogP contribution is -2.38. The maximum absolute atomic E-state index is 10.5. The van der Waals surface area contributed by atoms with Crippen molar-refractivity contribution < 1.29 is 9.84 Å². The standard InChI is InChI=1S/C16H27NO2/c1-11(2)12-8-9-14(19-7)13(10-12)15(17(5)6)16(3,4)18/h8-11,15,18H,1-7H3. The number of ether oxygens (including phenoxy) is 1. The summed E-state index contributed by atoms with van der Waals surface area (Å²) in [4.78, 5) is 2.03. The third-order valence-electron chi connectivity index (χ3n) is 3.40. The topological polar surface area (TPSA) is 32.7 Å². The molecule has 0 aromatic heterocycles. The maximum Gasteiger partial charge on any atom is 0.123 e. The Balaban J connectivity index is 3.39. The van der Waals surface area contributed by atoms with E-state index in [1.807, 2.05) is 38.9 Å². The van der Waals surface area contributed by atoms with Crippen molar-refractivity contribution in [3.8, 4) is 5.75 Å². The van der Waals surface area contributed by atoms with Crippen molar-refractivity contribution in [1.82, 2.24) is 4.90 Å². The first-order chi connectivity index (χ1) is 8.68. The lowest BCUT2D eigenvalue weighted by Gasteiger charge is -2.36. The van der Waals surface area contributed by atoms with E-state index in [2.05, 4.69) is 26.0 Å². The number of hydrogen-bond donors (Lipinski definition) is 1. The molecule has 1 atom stereocenters. The van der Waals surface area contributed by atoms with Crippen LogP contribution in [-0.2, 0) is 0 Å². The van der Waals surface area contributed by atoms with Crippen LogP contribution in [0.25, 0.3) is 0 Å². The molecule has 1 aromatic carbocycles. The number of rotatable bonds is 5. The molecule has 0 saturated heterocycles. The summed E-state index contributed by atoms with van der Waals surface area (Å²) < 4.78 is 5.47. The second-order valence-corrected chi connectivity index (χ2v) is 6.18. The molecule has 0 aliphatic heterocycles. The molecule has 0 heterocycles. The van der Waals surface area contributed by atoms with Crippen molar-refractivity contribution in [2.24, 2.45) is 0 Å². The largest absolute Gasteiger partial charge is 0.496 e. The van der Waals surface area contributed by atoms with Gasteiger partial charge in [-0.05, 0) is 45.5 Å². The number of methoxy groups -OCH3 is 1. The first kappa shape index (κ1) is 16.0. The Morgan fingerprint density at radius 2 is 1.79 bits per heavy atom. The lowest BCUT2D eigenvalue weighted by molar-refractivity contribution is -0.00413. The molecule has 3 heteroatoms. The van der Waals surface area contributed by atoms with Gasteiger partial charge in [-0.2, -0.15) is 0 Å². The van der Waals surface area contributed by atoms with Crippen molar-refractivity contribution in [2.75, 3.05) is 21.2 Å². The Morgan fingerprint density at radius 3 is 2.16 bits per heavy atom. The van der Waals surface area contributed by atoms with Gasteiger partial charge in [0.05, 0.1) is 18.8 Å². The molecule has 0 radical (unpaired) electrons. The van der Waals surface area contributed by atoms with Crippen LogP contribution in [0.3, 0.4) is 0 Å². The van der Waals surface area contributed by atoms with E-state index in [0.29, 0.717) is 5.92 Å². The zero-order valence-corrected chi connectivity index (χ0v) is 13.2. The molecule has 0 fully saturated rings. The van der Waals surface area contributed by atoms with E-state index in [4.69, 9.17) is 4.74 Å². The molecular weight excluding hydrogens is 238 g/mol. The van der Waals surface area contributed by atoms with Gasteiger partial charge in [0, 0.05) is 5.56 Å². The van der Waals surface area contributed by atoms with E-state index in [-0.39, 0.29) is 6.04 Å². The van der Waals surface area contributed by atoms with Gasteiger partial charge in [-0.1, -0.05) is 26.0 Å². The van der Waals surface area contributed by atoms with Crippen LogP contribution in [0.2, 0.25) is 0 Å². The van der Waals surface area contributed by atoms with Crippen molar-refractivity contribution in [3.05, 3.63) is 29.3 Å². The van der Waals surface area contributed by atoms with Crippen LogP contribution in [0, 0.1) is 0 Å². The second kappa shape index (κ2) is 5.93. The number of benzene rings is 1. The predicted octanol–water partition coefficient (Wildman–Crippen LogP) is 3.19. The molecular formula is C16H27NO2. The second-order valence-electron chi connectivity index (χ2n) is 6.18. The SMILES string of the molecule is COc1ccc(C(C)C)cc1C(N(C)C)C(C)(C)O. The number of likely N-dealkylation sites (N-methyl/N-ethyl adjacent to an activating group) is 1. The first-order valence-corrected chi connectivity index (χ1v) is 6.75. The zero-order valence-electron chi connectivity index (χ0n) is 13.2. The average Bonchev–Trinajstić information content (AvgIpc) is 2.26. The maximum atomic E-state index is 10.5. The lowest BCUT2D eigenvalue weighted by atomic mass is 9.88. The van der Waals surface area contributed by atoms with E-state index >= 15 is 0 Å². The molecule has 3 nitrogen and oxygen atoms in total. The third-order valence-corrected chi connectivity index (χ3v) is 3.40. The van der Waals surface area contributed by atoms with Gasteiger partial charge in [-0.3, -0.25) is 4.90 Å². The fraction of sp³-hybridized carbons (Fsp3) is 0.625. The van der Waals surface area contributed by atoms with Gasteiger partial charge in [0.1, 0.15) is 5.75 Å². The molecule has 1 N–H and O–H groups in total. The highest BCUT2D eigenvalue weighted by atomic mass is 16.5. The van der Waals surface area contributed by atoms with E-state index in [1.165, 1.54) is 5.56 Å². The summed E-state index contributed by atoms with van der Waals surface area (Å²) in [5.41, 5.74) is 1.45. The highest BCUT2D eigenvalue weighted by Gasteiger charge is 2.32. The van der Waals surface area contributed by atoms with Gasteiger partial charge >= 0.3 is 0 Å². The van der Waals surface area contributed by atoms with Crippen LogP contribution >= 0.6 is 0 Å². The fourth-order valence-electron chi connectivity index (χ4n) is 2.62. The van der Waals surface area contributed by atoms with Gasteiger partial charge in [-0.15, -0.1) is 0 Å². The van der Waals surface area contributed by atoms with Crippen molar-refractivity contribution in [2.45, 2.75) is 45.3 Å². The Kier molecular flexibility index (Phi) is 4.99. The van der Waals surface area contributed by atoms with Crippen LogP contribution in [0.5, 0.6) is 5.75 Å². The van der Waals surface area contributed by atoms with E-state index in [0.717, 1.165) is 11.3 Å². The molecule has 1 rings (SSSR count). The molecule has 0 aliphatic rings. The smallest absolute Gasteiger partial charge is 0.123 e. The summed E-state index contributed by atoms with van der Waals surface area (Å²) in [6, 6.07) is 6.12. The van der Waals surface area contributed by atoms with Crippen LogP contribution in [0.4, 0.5) is 0 Å². The molecule has 0 spiro atoms. The number of nitrogens with zero attached hydrogens (tertiary/aromatic N) is 1. The molecule has 0 amide bonds. The fourth-order valence-corrected chi connectivity index (χ4v) is 2.62. The van der Waals surface area contributed by atoms with Gasteiger partial charge in [0.2, 0.25) is 0 Å². The highest BCUT2D eigenvalue weighted by molar-refractivity contribution is 5.41. The average molecular weight is 265 g/mol. The Morgan fingerprint density at radius 1 is 1.21 bits per heavy atom. The predicted molar refractivity (Wildman–Crippen MR) is 79.8 cm³/mol. The minimum atomic E-state index is -0.841. The van der Waals surface area contributed by atoms with Crippen molar-refractivity contribution in [1.29, 1.82) is 0 Å². The van der Waals surface area contributed by atoms with Gasteiger partial charge in [-0.25, -0.2) is 0 Å². The molecule has 0 bridgehead atoms. The molecule has 1 aromatic rings. The van der Waals surface area contributed by atoms with Crippen LogP contribution < -0.4 is 4.74 Å². The summed E-state index contributed by atoms with van der Waals surface area (Å²) >= 11 is 0. The summed E-state index contributed by atoms with van der Waals surface area (Å²) in [6.45, 7) is 8.00. The number of hydrogen-bond acceptors (Lipinski definition) is 3. The molecule has 19 heavy (non-hydrogen) atoms. The van der Waals surface area contributed by atoms with Gasteiger partial charge in [0.25, 0.3) is 0 Å². The van der Waals surface area contributed by atoms with Crippen LogP contribution in [-0.4, -0.2) is 36.8 Å². The summed E-state index contributed by atoms with van der Waals surface area (Å²) in [7, 11) is 5.62. The van der Waals surface area contributed by atoms with E-state index < -0.39 is 5.60 Å². The molecule has 108 valence electrons. The minimum absolute atomic E-state index is 0.110. The normalized spacial score (nSPS) is 14.0. The molecule has 1 unspecified atom stereocenters. The van der Waals surface area contributed by atoms with E-state index in [9.17, 15) is 5.11 Å². The summed E-state index contributed by atoms with van der Waals surface area (Å²) in [6.07, 6.45) is 0. The quantitative estimate of drug-likeness (QED) is 0.887. The van der Waals surface area contributed by atoms with E-state index in [1.54, 1.807) is 7.11 Å².